The Morgan fingerprint density at radius 1 is 1.19 bits per heavy atom. The van der Waals surface area contributed by atoms with E-state index in [4.69, 9.17) is 15.3 Å². The van der Waals surface area contributed by atoms with Gasteiger partial charge in [0.05, 0.1) is 5.56 Å². The largest absolute Gasteiger partial charge is 0.508 e. The summed E-state index contributed by atoms with van der Waals surface area (Å²) in [5, 5.41) is 26.6. The van der Waals surface area contributed by atoms with Gasteiger partial charge in [-0.25, -0.2) is 9.59 Å². The van der Waals surface area contributed by atoms with Crippen LogP contribution < -0.4 is 4.74 Å². The van der Waals surface area contributed by atoms with Crippen molar-refractivity contribution in [3.05, 3.63) is 23.3 Å². The zero-order chi connectivity index (χ0) is 12.3. The van der Waals surface area contributed by atoms with E-state index in [0.717, 1.165) is 12.1 Å². The molecule has 0 atom stereocenters. The van der Waals surface area contributed by atoms with Crippen molar-refractivity contribution in [2.75, 3.05) is 0 Å². The Morgan fingerprint density at radius 2 is 1.81 bits per heavy atom. The minimum Gasteiger partial charge on any atom is -0.508 e. The van der Waals surface area contributed by atoms with Crippen molar-refractivity contribution in [3.63, 3.8) is 0 Å². The number of hydrogen-bond donors (Lipinski definition) is 3. The molecule has 0 bridgehead atoms. The van der Waals surface area contributed by atoms with Gasteiger partial charge < -0.3 is 20.1 Å². The van der Waals surface area contributed by atoms with Crippen molar-refractivity contribution in [3.8, 4) is 11.5 Å². The number of aromatic hydroxyl groups is 1. The van der Waals surface area contributed by atoms with Crippen LogP contribution in [0.15, 0.2) is 12.1 Å². The monoisotopic (exact) mass is 226 g/mol. The van der Waals surface area contributed by atoms with Gasteiger partial charge in [-0.15, -0.1) is 0 Å². The number of carboxylic acid groups (broad SMARTS) is 2. The third-order valence-corrected chi connectivity index (χ3v) is 1.71. The highest BCUT2D eigenvalue weighted by Crippen LogP contribution is 2.28. The summed E-state index contributed by atoms with van der Waals surface area (Å²) >= 11 is 0. The van der Waals surface area contributed by atoms with Crippen LogP contribution >= 0.6 is 0 Å². The van der Waals surface area contributed by atoms with Crippen molar-refractivity contribution in [2.24, 2.45) is 0 Å². The Hall–Kier alpha value is -2.57. The quantitative estimate of drug-likeness (QED) is 0.632. The van der Waals surface area contributed by atoms with E-state index in [9.17, 15) is 14.4 Å². The lowest BCUT2D eigenvalue weighted by molar-refractivity contribution is -0.120. The molecule has 3 N–H and O–H groups in total. The summed E-state index contributed by atoms with van der Waals surface area (Å²) in [6.45, 7) is -0.0627. The summed E-state index contributed by atoms with van der Waals surface area (Å²) < 4.78 is 4.29. The van der Waals surface area contributed by atoms with Crippen molar-refractivity contribution in [2.45, 2.75) is 0 Å². The van der Waals surface area contributed by atoms with Gasteiger partial charge in [0.15, 0.2) is 0 Å². The molecule has 0 aliphatic heterocycles. The molecule has 0 aliphatic rings. The summed E-state index contributed by atoms with van der Waals surface area (Å²) in [6, 6.07) is 1.59. The first-order valence-corrected chi connectivity index (χ1v) is 3.91. The average molecular weight is 226 g/mol. The molecule has 0 aromatic heterocycles. The molecule has 0 saturated carbocycles. The number of carbonyl (C=O) groups excluding carboxylic acids is 1. The van der Waals surface area contributed by atoms with Crippen LogP contribution in [-0.4, -0.2) is 33.7 Å². The van der Waals surface area contributed by atoms with Gasteiger partial charge in [-0.2, -0.15) is 0 Å². The number of rotatable bonds is 4. The van der Waals surface area contributed by atoms with Crippen LogP contribution in [0.3, 0.4) is 0 Å². The van der Waals surface area contributed by atoms with Gasteiger partial charge in [-0.05, 0) is 6.07 Å². The molecule has 0 saturated heterocycles. The molecule has 84 valence electrons. The van der Waals surface area contributed by atoms with E-state index in [1.54, 1.807) is 0 Å². The molecule has 1 rings (SSSR count). The SMILES string of the molecule is O=COc1cc(O)cc(C(=O)O)c1C(=O)O. The molecule has 7 heteroatoms. The van der Waals surface area contributed by atoms with E-state index in [-0.39, 0.29) is 6.47 Å². The summed E-state index contributed by atoms with van der Waals surface area (Å²) in [5.41, 5.74) is -1.36. The molecule has 1 aromatic carbocycles. The molecule has 0 amide bonds. The van der Waals surface area contributed by atoms with E-state index in [2.05, 4.69) is 4.74 Å². The lowest BCUT2D eigenvalue weighted by Crippen LogP contribution is -2.10. The maximum Gasteiger partial charge on any atom is 0.340 e. The zero-order valence-corrected chi connectivity index (χ0v) is 7.71. The van der Waals surface area contributed by atoms with Crippen LogP contribution in [0.25, 0.3) is 0 Å². The molecule has 0 spiro atoms. The lowest BCUT2D eigenvalue weighted by atomic mass is 10.1. The number of carboxylic acids is 2. The Morgan fingerprint density at radius 3 is 2.25 bits per heavy atom. The maximum atomic E-state index is 10.8. The molecule has 16 heavy (non-hydrogen) atoms. The number of phenols is 1. The fourth-order valence-electron chi connectivity index (χ4n) is 1.13. The van der Waals surface area contributed by atoms with Gasteiger partial charge in [-0.3, -0.25) is 4.79 Å². The van der Waals surface area contributed by atoms with Crippen LogP contribution in [0.5, 0.6) is 11.5 Å². The highest BCUT2D eigenvalue weighted by Gasteiger charge is 2.22. The van der Waals surface area contributed by atoms with Gasteiger partial charge in [0.25, 0.3) is 6.47 Å². The van der Waals surface area contributed by atoms with Crippen LogP contribution in [0.4, 0.5) is 0 Å². The average Bonchev–Trinajstić information content (AvgIpc) is 2.16. The molecule has 0 heterocycles. The Balaban J connectivity index is 3.53. The third kappa shape index (κ3) is 2.08. The van der Waals surface area contributed by atoms with Crippen molar-refractivity contribution < 1.29 is 34.4 Å². The smallest absolute Gasteiger partial charge is 0.340 e. The number of carbonyl (C=O) groups is 3. The fraction of sp³-hybridized carbons (Fsp3) is 0. The second-order valence-electron chi connectivity index (χ2n) is 2.69. The summed E-state index contributed by atoms with van der Waals surface area (Å²) in [7, 11) is 0. The summed E-state index contributed by atoms with van der Waals surface area (Å²) in [5.74, 6) is -4.17. The first kappa shape index (κ1) is 11.5. The molecular formula is C9H6O7. The standard InChI is InChI=1S/C9H6O7/c10-3-16-6-2-4(11)1-5(8(12)13)7(6)9(14)15/h1-3,11H,(H,12,13)(H,14,15). The zero-order valence-electron chi connectivity index (χ0n) is 7.71. The molecule has 0 aliphatic carbocycles. The molecule has 0 unspecified atom stereocenters. The predicted molar refractivity (Wildman–Crippen MR) is 48.7 cm³/mol. The van der Waals surface area contributed by atoms with Crippen molar-refractivity contribution >= 4 is 18.4 Å². The molecule has 7 nitrogen and oxygen atoms in total. The van der Waals surface area contributed by atoms with E-state index in [0.29, 0.717) is 0 Å². The highest BCUT2D eigenvalue weighted by atomic mass is 16.5. The first-order chi connectivity index (χ1) is 7.47. The summed E-state index contributed by atoms with van der Waals surface area (Å²) in [4.78, 5) is 31.6. The van der Waals surface area contributed by atoms with E-state index in [1.165, 1.54) is 0 Å². The van der Waals surface area contributed by atoms with E-state index in [1.807, 2.05) is 0 Å². The fourth-order valence-corrected chi connectivity index (χ4v) is 1.13. The normalized spacial score (nSPS) is 9.50. The van der Waals surface area contributed by atoms with Gasteiger partial charge in [0, 0.05) is 6.07 Å². The molecule has 0 radical (unpaired) electrons. The Bertz CT molecular complexity index is 463. The van der Waals surface area contributed by atoms with E-state index < -0.39 is 34.6 Å². The third-order valence-electron chi connectivity index (χ3n) is 1.71. The highest BCUT2D eigenvalue weighted by molar-refractivity contribution is 6.04. The Labute approximate surface area is 88.5 Å². The molecule has 0 fully saturated rings. The van der Waals surface area contributed by atoms with Crippen molar-refractivity contribution in [1.82, 2.24) is 0 Å². The molecular weight excluding hydrogens is 220 g/mol. The second-order valence-corrected chi connectivity index (χ2v) is 2.69. The number of phenolic OH excluding ortho intramolecular Hbond substituents is 1. The molecule has 1 aromatic rings. The number of ether oxygens (including phenoxy) is 1. The van der Waals surface area contributed by atoms with Gasteiger partial charge in [0.1, 0.15) is 17.1 Å². The van der Waals surface area contributed by atoms with Crippen molar-refractivity contribution in [1.29, 1.82) is 0 Å². The first-order valence-electron chi connectivity index (χ1n) is 3.91. The second kappa shape index (κ2) is 4.30. The van der Waals surface area contributed by atoms with E-state index >= 15 is 0 Å². The van der Waals surface area contributed by atoms with Crippen LogP contribution in [0.2, 0.25) is 0 Å². The van der Waals surface area contributed by atoms with Crippen LogP contribution in [0, 0.1) is 0 Å². The van der Waals surface area contributed by atoms with Crippen LogP contribution in [0.1, 0.15) is 20.7 Å². The minimum atomic E-state index is -1.57. The van der Waals surface area contributed by atoms with Crippen LogP contribution in [-0.2, 0) is 4.79 Å². The number of aromatic carboxylic acids is 2. The predicted octanol–water partition coefficient (Wildman–Crippen LogP) is 0.324. The van der Waals surface area contributed by atoms with Gasteiger partial charge >= 0.3 is 11.9 Å². The van der Waals surface area contributed by atoms with Gasteiger partial charge in [-0.1, -0.05) is 0 Å². The topological polar surface area (TPSA) is 121 Å². The summed E-state index contributed by atoms with van der Waals surface area (Å²) in [6.07, 6.45) is 0. The minimum absolute atomic E-state index is 0.0627. The maximum absolute atomic E-state index is 10.8. The Kier molecular flexibility index (Phi) is 3.09. The lowest BCUT2D eigenvalue weighted by Gasteiger charge is -2.07. The number of benzene rings is 1. The number of hydrogen-bond acceptors (Lipinski definition) is 5. The van der Waals surface area contributed by atoms with Gasteiger partial charge in [0.2, 0.25) is 0 Å².